The van der Waals surface area contributed by atoms with Crippen molar-refractivity contribution in [2.45, 2.75) is 20.0 Å². The normalized spacial score (nSPS) is 12.2. The van der Waals surface area contributed by atoms with Crippen LogP contribution in [0.3, 0.4) is 0 Å². The number of hydrogen-bond donors (Lipinski definition) is 2. The molecule has 0 aliphatic carbocycles. The number of aliphatic hydroxyl groups is 1. The Bertz CT molecular complexity index is 986. The van der Waals surface area contributed by atoms with Crippen LogP contribution in [0, 0.1) is 12.7 Å². The summed E-state index contributed by atoms with van der Waals surface area (Å²) in [6, 6.07) is 2.70. The summed E-state index contributed by atoms with van der Waals surface area (Å²) in [4.78, 5) is 16.6. The number of benzene rings is 1. The van der Waals surface area contributed by atoms with Gasteiger partial charge in [-0.25, -0.2) is 9.18 Å². The Morgan fingerprint density at radius 2 is 2.19 bits per heavy atom. The second-order valence-corrected chi connectivity index (χ2v) is 6.23. The van der Waals surface area contributed by atoms with Gasteiger partial charge in [0.1, 0.15) is 11.4 Å². The van der Waals surface area contributed by atoms with E-state index >= 15 is 0 Å². The molecule has 8 heteroatoms. The molecular formula is C19H21FN4O3. The van der Waals surface area contributed by atoms with E-state index < -0.39 is 17.9 Å². The van der Waals surface area contributed by atoms with Crippen molar-refractivity contribution in [2.24, 2.45) is 7.05 Å². The number of halogens is 1. The highest BCUT2D eigenvalue weighted by atomic mass is 19.1. The summed E-state index contributed by atoms with van der Waals surface area (Å²) in [7, 11) is 1.75. The van der Waals surface area contributed by atoms with Crippen LogP contribution in [0.4, 0.5) is 10.1 Å². The number of hydrogen-bond acceptors (Lipinski definition) is 6. The van der Waals surface area contributed by atoms with E-state index in [2.05, 4.69) is 15.4 Å². The van der Waals surface area contributed by atoms with Crippen LogP contribution < -0.4 is 5.32 Å². The van der Waals surface area contributed by atoms with Gasteiger partial charge in [0, 0.05) is 36.9 Å². The third-order valence-electron chi connectivity index (χ3n) is 4.20. The summed E-state index contributed by atoms with van der Waals surface area (Å²) < 4.78 is 20.7. The predicted octanol–water partition coefficient (Wildman–Crippen LogP) is 2.74. The molecule has 27 heavy (non-hydrogen) atoms. The molecule has 142 valence electrons. The van der Waals surface area contributed by atoms with Crippen LogP contribution in [0.2, 0.25) is 0 Å². The summed E-state index contributed by atoms with van der Waals surface area (Å²) in [5.41, 5.74) is 2.42. The lowest BCUT2D eigenvalue weighted by atomic mass is 10.1. The average Bonchev–Trinajstić information content (AvgIpc) is 3.06. The summed E-state index contributed by atoms with van der Waals surface area (Å²) in [5, 5.41) is 17.9. The number of pyridine rings is 1. The van der Waals surface area contributed by atoms with E-state index in [0.717, 1.165) is 0 Å². The van der Waals surface area contributed by atoms with Gasteiger partial charge in [-0.3, -0.25) is 9.67 Å². The molecule has 1 unspecified atom stereocenters. The maximum absolute atomic E-state index is 14.0. The molecule has 2 N–H and O–H groups in total. The van der Waals surface area contributed by atoms with Crippen LogP contribution in [0.25, 0.3) is 10.9 Å². The summed E-state index contributed by atoms with van der Waals surface area (Å²) >= 11 is 0. The first-order valence-corrected chi connectivity index (χ1v) is 8.57. The summed E-state index contributed by atoms with van der Waals surface area (Å²) in [5.74, 6) is -0.995. The Hall–Kier alpha value is -3.00. The van der Waals surface area contributed by atoms with Crippen molar-refractivity contribution >= 4 is 22.6 Å². The number of fused-ring (bicyclic) bond motifs is 1. The van der Waals surface area contributed by atoms with Crippen LogP contribution in [0.5, 0.6) is 0 Å². The lowest BCUT2D eigenvalue weighted by Gasteiger charge is -2.17. The molecule has 0 aliphatic rings. The van der Waals surface area contributed by atoms with Gasteiger partial charge in [-0.2, -0.15) is 5.10 Å². The largest absolute Gasteiger partial charge is 0.462 e. The lowest BCUT2D eigenvalue weighted by molar-refractivity contribution is 0.0527. The zero-order chi connectivity index (χ0) is 19.6. The number of nitrogens with zero attached hydrogens (tertiary/aromatic N) is 3. The van der Waals surface area contributed by atoms with Crippen molar-refractivity contribution < 1.29 is 19.0 Å². The van der Waals surface area contributed by atoms with Gasteiger partial charge in [0.2, 0.25) is 0 Å². The standard InChI is InChI=1S/C19H21FN4O3/c1-4-27-19(26)15-8-21-17-11(2)5-13(20)6-14(17)18(15)22-9-16(25)12-7-23-24(3)10-12/h5-8,10,16,25H,4,9H2,1-3H3,(H,21,22). The zero-order valence-electron chi connectivity index (χ0n) is 15.4. The molecule has 0 bridgehead atoms. The molecule has 3 aromatic rings. The molecular weight excluding hydrogens is 351 g/mol. The first-order valence-electron chi connectivity index (χ1n) is 8.57. The number of carbonyl (C=O) groups excluding carboxylic acids is 1. The highest BCUT2D eigenvalue weighted by molar-refractivity contribution is 6.05. The second-order valence-electron chi connectivity index (χ2n) is 6.23. The Kier molecular flexibility index (Phi) is 5.36. The topological polar surface area (TPSA) is 89.3 Å². The number of carbonyl (C=O) groups is 1. The van der Waals surface area contributed by atoms with E-state index in [-0.39, 0.29) is 18.7 Å². The Balaban J connectivity index is 2.01. The minimum absolute atomic E-state index is 0.104. The van der Waals surface area contributed by atoms with E-state index in [4.69, 9.17) is 4.74 Å². The third kappa shape index (κ3) is 3.90. The maximum atomic E-state index is 14.0. The number of aliphatic hydroxyl groups excluding tert-OH is 1. The van der Waals surface area contributed by atoms with Crippen molar-refractivity contribution in [3.63, 3.8) is 0 Å². The number of aryl methyl sites for hydroxylation is 2. The van der Waals surface area contributed by atoms with Crippen molar-refractivity contribution in [3.8, 4) is 0 Å². The first-order chi connectivity index (χ1) is 12.9. The SMILES string of the molecule is CCOC(=O)c1cnc2c(C)cc(F)cc2c1NCC(O)c1cnn(C)c1. The quantitative estimate of drug-likeness (QED) is 0.647. The lowest BCUT2D eigenvalue weighted by Crippen LogP contribution is -2.16. The van der Waals surface area contributed by atoms with E-state index in [1.807, 2.05) is 0 Å². The Labute approximate surface area is 155 Å². The number of nitrogens with one attached hydrogen (secondary N) is 1. The molecule has 7 nitrogen and oxygen atoms in total. The minimum Gasteiger partial charge on any atom is -0.462 e. The van der Waals surface area contributed by atoms with Gasteiger partial charge < -0.3 is 15.2 Å². The molecule has 0 fully saturated rings. The van der Waals surface area contributed by atoms with Gasteiger partial charge in [0.15, 0.2) is 0 Å². The minimum atomic E-state index is -0.855. The fourth-order valence-electron chi connectivity index (χ4n) is 2.92. The van der Waals surface area contributed by atoms with Gasteiger partial charge in [-0.1, -0.05) is 0 Å². The van der Waals surface area contributed by atoms with Crippen molar-refractivity contribution in [1.82, 2.24) is 14.8 Å². The van der Waals surface area contributed by atoms with Gasteiger partial charge in [-0.05, 0) is 31.5 Å². The second kappa shape index (κ2) is 7.71. The van der Waals surface area contributed by atoms with Gasteiger partial charge >= 0.3 is 5.97 Å². The highest BCUT2D eigenvalue weighted by Crippen LogP contribution is 2.30. The molecule has 0 saturated carbocycles. The number of aromatic nitrogens is 3. The van der Waals surface area contributed by atoms with E-state index in [9.17, 15) is 14.3 Å². The molecule has 0 amide bonds. The predicted molar refractivity (Wildman–Crippen MR) is 99.1 cm³/mol. The Morgan fingerprint density at radius 3 is 2.85 bits per heavy atom. The molecule has 0 radical (unpaired) electrons. The number of rotatable bonds is 6. The zero-order valence-corrected chi connectivity index (χ0v) is 15.4. The molecule has 2 aromatic heterocycles. The molecule has 0 saturated heterocycles. The average molecular weight is 372 g/mol. The van der Waals surface area contributed by atoms with Crippen molar-refractivity contribution in [3.05, 3.63) is 53.2 Å². The number of anilines is 1. The molecule has 0 spiro atoms. The van der Waals surface area contributed by atoms with Crippen molar-refractivity contribution in [1.29, 1.82) is 0 Å². The first kappa shape index (κ1) is 18.8. The Morgan fingerprint density at radius 1 is 1.41 bits per heavy atom. The molecule has 2 heterocycles. The van der Waals surface area contributed by atoms with E-state index in [1.54, 1.807) is 38.0 Å². The molecule has 1 aromatic carbocycles. The van der Waals surface area contributed by atoms with Crippen LogP contribution in [-0.2, 0) is 11.8 Å². The van der Waals surface area contributed by atoms with Crippen LogP contribution in [0.1, 0.15) is 34.5 Å². The van der Waals surface area contributed by atoms with E-state index in [0.29, 0.717) is 27.7 Å². The third-order valence-corrected chi connectivity index (χ3v) is 4.20. The molecule has 3 rings (SSSR count). The molecule has 0 aliphatic heterocycles. The number of ether oxygens (including phenoxy) is 1. The van der Waals surface area contributed by atoms with Gasteiger partial charge in [-0.15, -0.1) is 0 Å². The fourth-order valence-corrected chi connectivity index (χ4v) is 2.92. The van der Waals surface area contributed by atoms with Crippen molar-refractivity contribution in [2.75, 3.05) is 18.5 Å². The van der Waals surface area contributed by atoms with Crippen LogP contribution >= 0.6 is 0 Å². The molecule has 1 atom stereocenters. The summed E-state index contributed by atoms with van der Waals surface area (Å²) in [6.07, 6.45) is 3.82. The summed E-state index contributed by atoms with van der Waals surface area (Å²) in [6.45, 7) is 3.76. The van der Waals surface area contributed by atoms with Gasteiger partial charge in [0.05, 0.1) is 30.1 Å². The van der Waals surface area contributed by atoms with E-state index in [1.165, 1.54) is 18.3 Å². The number of esters is 1. The monoisotopic (exact) mass is 372 g/mol. The highest BCUT2D eigenvalue weighted by Gasteiger charge is 2.19. The van der Waals surface area contributed by atoms with Crippen LogP contribution in [0.15, 0.2) is 30.7 Å². The van der Waals surface area contributed by atoms with Crippen LogP contribution in [-0.4, -0.2) is 39.0 Å². The fraction of sp³-hybridized carbons (Fsp3) is 0.316. The maximum Gasteiger partial charge on any atom is 0.341 e. The van der Waals surface area contributed by atoms with Gasteiger partial charge in [0.25, 0.3) is 0 Å². The smallest absolute Gasteiger partial charge is 0.341 e.